The van der Waals surface area contributed by atoms with Crippen LogP contribution in [0.2, 0.25) is 0 Å². The third-order valence-electron chi connectivity index (χ3n) is 5.56. The molecule has 0 bridgehead atoms. The summed E-state index contributed by atoms with van der Waals surface area (Å²) < 4.78 is 26.0. The lowest BCUT2D eigenvalue weighted by molar-refractivity contribution is -0.141. The standard InChI is InChI=1S/C27H39N3O4S/c1-6-24(26(32)28-27(2,3)4)29(21-19-22-14-9-7-10-15-22)25(31)18-13-20-30(35(5,33)34)23-16-11-8-12-17-23/h7-12,14-17,24H,6,13,18-21H2,1-5H3,(H,28,32)/t24-/m1/s1. The first-order valence-corrected chi connectivity index (χ1v) is 14.0. The van der Waals surface area contributed by atoms with Crippen LogP contribution in [0.25, 0.3) is 0 Å². The SMILES string of the molecule is CC[C@H](C(=O)NC(C)(C)C)N(CCc1ccccc1)C(=O)CCCN(c1ccccc1)S(C)(=O)=O. The van der Waals surface area contributed by atoms with Gasteiger partial charge in [-0.05, 0) is 57.7 Å². The highest BCUT2D eigenvalue weighted by molar-refractivity contribution is 7.92. The number of hydrogen-bond acceptors (Lipinski definition) is 4. The Labute approximate surface area is 210 Å². The van der Waals surface area contributed by atoms with Crippen LogP contribution < -0.4 is 9.62 Å². The van der Waals surface area contributed by atoms with Crippen LogP contribution in [0.5, 0.6) is 0 Å². The fourth-order valence-corrected chi connectivity index (χ4v) is 4.91. The number of sulfonamides is 1. The maximum Gasteiger partial charge on any atom is 0.243 e. The summed E-state index contributed by atoms with van der Waals surface area (Å²) in [5.41, 5.74) is 1.24. The Morgan fingerprint density at radius 2 is 1.51 bits per heavy atom. The van der Waals surface area contributed by atoms with E-state index >= 15 is 0 Å². The van der Waals surface area contributed by atoms with Crippen molar-refractivity contribution in [3.63, 3.8) is 0 Å². The summed E-state index contributed by atoms with van der Waals surface area (Å²) in [6.45, 7) is 8.24. The first-order valence-electron chi connectivity index (χ1n) is 12.1. The number of benzene rings is 2. The average Bonchev–Trinajstić information content (AvgIpc) is 2.78. The van der Waals surface area contributed by atoms with Gasteiger partial charge in [0, 0.05) is 25.0 Å². The fraction of sp³-hybridized carbons (Fsp3) is 0.481. The highest BCUT2D eigenvalue weighted by Gasteiger charge is 2.30. The minimum absolute atomic E-state index is 0.146. The number of rotatable bonds is 12. The molecule has 0 unspecified atom stereocenters. The van der Waals surface area contributed by atoms with Gasteiger partial charge in [-0.15, -0.1) is 0 Å². The van der Waals surface area contributed by atoms with E-state index in [1.54, 1.807) is 29.2 Å². The van der Waals surface area contributed by atoms with Crippen molar-refractivity contribution < 1.29 is 18.0 Å². The summed E-state index contributed by atoms with van der Waals surface area (Å²) in [4.78, 5) is 28.1. The van der Waals surface area contributed by atoms with Gasteiger partial charge in [0.2, 0.25) is 21.8 Å². The summed E-state index contributed by atoms with van der Waals surface area (Å²) in [5, 5.41) is 3.00. The Kier molecular flexibility index (Phi) is 10.3. The highest BCUT2D eigenvalue weighted by Crippen LogP contribution is 2.19. The van der Waals surface area contributed by atoms with E-state index in [0.717, 1.165) is 11.8 Å². The molecule has 0 aliphatic rings. The number of anilines is 1. The smallest absolute Gasteiger partial charge is 0.243 e. The number of hydrogen-bond donors (Lipinski definition) is 1. The Morgan fingerprint density at radius 1 is 0.943 bits per heavy atom. The van der Waals surface area contributed by atoms with E-state index in [1.165, 1.54) is 4.31 Å². The van der Waals surface area contributed by atoms with E-state index in [9.17, 15) is 18.0 Å². The summed E-state index contributed by atoms with van der Waals surface area (Å²) in [5.74, 6) is -0.332. The first-order chi connectivity index (χ1) is 16.4. The summed E-state index contributed by atoms with van der Waals surface area (Å²) in [6.07, 6.45) is 2.78. The lowest BCUT2D eigenvalue weighted by Gasteiger charge is -2.33. The third kappa shape index (κ3) is 9.36. The molecule has 8 heteroatoms. The quantitative estimate of drug-likeness (QED) is 0.476. The van der Waals surface area contributed by atoms with Crippen molar-refractivity contribution in [1.82, 2.24) is 10.2 Å². The van der Waals surface area contributed by atoms with Crippen LogP contribution >= 0.6 is 0 Å². The monoisotopic (exact) mass is 501 g/mol. The molecule has 1 atom stereocenters. The third-order valence-corrected chi connectivity index (χ3v) is 6.76. The van der Waals surface area contributed by atoms with Crippen LogP contribution in [-0.2, 0) is 26.0 Å². The summed E-state index contributed by atoms with van der Waals surface area (Å²) >= 11 is 0. The van der Waals surface area contributed by atoms with E-state index in [1.807, 2.05) is 64.1 Å². The van der Waals surface area contributed by atoms with Gasteiger partial charge in [-0.25, -0.2) is 8.42 Å². The van der Waals surface area contributed by atoms with Crippen molar-refractivity contribution in [3.8, 4) is 0 Å². The van der Waals surface area contributed by atoms with Gasteiger partial charge in [-0.2, -0.15) is 0 Å². The Morgan fingerprint density at radius 3 is 2.03 bits per heavy atom. The van der Waals surface area contributed by atoms with E-state index in [4.69, 9.17) is 0 Å². The van der Waals surface area contributed by atoms with Gasteiger partial charge < -0.3 is 10.2 Å². The molecule has 2 aromatic rings. The maximum absolute atomic E-state index is 13.4. The van der Waals surface area contributed by atoms with Crippen molar-refractivity contribution in [2.45, 2.75) is 65.0 Å². The lowest BCUT2D eigenvalue weighted by atomic mass is 10.0. The van der Waals surface area contributed by atoms with Gasteiger partial charge in [-0.3, -0.25) is 13.9 Å². The van der Waals surface area contributed by atoms with Gasteiger partial charge in [-0.1, -0.05) is 55.5 Å². The average molecular weight is 502 g/mol. The molecular formula is C27H39N3O4S. The minimum Gasteiger partial charge on any atom is -0.350 e. The molecule has 2 rings (SSSR count). The number of nitrogens with zero attached hydrogens (tertiary/aromatic N) is 2. The second-order valence-corrected chi connectivity index (χ2v) is 11.7. The molecule has 0 aromatic heterocycles. The second-order valence-electron chi connectivity index (χ2n) is 9.76. The number of nitrogens with one attached hydrogen (secondary N) is 1. The normalized spacial score (nSPS) is 12.6. The largest absolute Gasteiger partial charge is 0.350 e. The number of para-hydroxylation sites is 1. The molecule has 1 N–H and O–H groups in total. The zero-order valence-corrected chi connectivity index (χ0v) is 22.3. The van der Waals surface area contributed by atoms with Crippen molar-refractivity contribution in [1.29, 1.82) is 0 Å². The van der Waals surface area contributed by atoms with E-state index < -0.39 is 21.6 Å². The van der Waals surface area contributed by atoms with Crippen LogP contribution in [0.15, 0.2) is 60.7 Å². The zero-order valence-electron chi connectivity index (χ0n) is 21.5. The minimum atomic E-state index is -3.49. The zero-order chi connectivity index (χ0) is 26.1. The molecule has 0 aliphatic carbocycles. The fourth-order valence-electron chi connectivity index (χ4n) is 3.95. The van der Waals surface area contributed by atoms with Crippen molar-refractivity contribution in [2.24, 2.45) is 0 Å². The topological polar surface area (TPSA) is 86.8 Å². The molecule has 0 heterocycles. The Hall–Kier alpha value is -2.87. The predicted octanol–water partition coefficient (Wildman–Crippen LogP) is 4.00. The van der Waals surface area contributed by atoms with Gasteiger partial charge in [0.25, 0.3) is 0 Å². The number of amides is 2. The van der Waals surface area contributed by atoms with Gasteiger partial charge in [0.1, 0.15) is 6.04 Å². The number of carbonyl (C=O) groups is 2. The summed E-state index contributed by atoms with van der Waals surface area (Å²) in [7, 11) is -3.49. The molecule has 2 aromatic carbocycles. The van der Waals surface area contributed by atoms with E-state index in [2.05, 4.69) is 5.32 Å². The lowest BCUT2D eigenvalue weighted by Crippen LogP contribution is -2.54. The highest BCUT2D eigenvalue weighted by atomic mass is 32.2. The molecule has 0 radical (unpaired) electrons. The van der Waals surface area contributed by atoms with Crippen molar-refractivity contribution >= 4 is 27.5 Å². The molecule has 0 fully saturated rings. The van der Waals surface area contributed by atoms with Gasteiger partial charge >= 0.3 is 0 Å². The van der Waals surface area contributed by atoms with Crippen LogP contribution in [0.3, 0.4) is 0 Å². The van der Waals surface area contributed by atoms with E-state index in [-0.39, 0.29) is 24.8 Å². The van der Waals surface area contributed by atoms with Gasteiger partial charge in [0.05, 0.1) is 11.9 Å². The molecule has 2 amide bonds. The first kappa shape index (κ1) is 28.4. The molecule has 0 saturated carbocycles. The molecule has 192 valence electrons. The molecule has 0 spiro atoms. The van der Waals surface area contributed by atoms with Crippen LogP contribution in [-0.4, -0.2) is 56.1 Å². The van der Waals surface area contributed by atoms with Crippen LogP contribution in [0, 0.1) is 0 Å². The Balaban J connectivity index is 2.16. The van der Waals surface area contributed by atoms with Crippen LogP contribution in [0.4, 0.5) is 5.69 Å². The molecule has 7 nitrogen and oxygen atoms in total. The molecule has 35 heavy (non-hydrogen) atoms. The van der Waals surface area contributed by atoms with Crippen LogP contribution in [0.1, 0.15) is 52.5 Å². The van der Waals surface area contributed by atoms with E-state index in [0.29, 0.717) is 31.5 Å². The molecule has 0 aliphatic heterocycles. The maximum atomic E-state index is 13.4. The second kappa shape index (κ2) is 12.7. The summed E-state index contributed by atoms with van der Waals surface area (Å²) in [6, 6.07) is 18.1. The number of carbonyl (C=O) groups excluding carboxylic acids is 2. The van der Waals surface area contributed by atoms with Crippen molar-refractivity contribution in [2.75, 3.05) is 23.7 Å². The van der Waals surface area contributed by atoms with Gasteiger partial charge in [0.15, 0.2) is 0 Å². The van der Waals surface area contributed by atoms with Crippen molar-refractivity contribution in [3.05, 3.63) is 66.2 Å². The predicted molar refractivity (Wildman–Crippen MR) is 142 cm³/mol. The molecule has 0 saturated heterocycles. The molecular weight excluding hydrogens is 462 g/mol. The Bertz CT molecular complexity index is 1050.